The molecule has 1 aromatic rings. The lowest BCUT2D eigenvalue weighted by molar-refractivity contribution is 0.338. The number of halogens is 3. The van der Waals surface area contributed by atoms with Gasteiger partial charge in [-0.25, -0.2) is 0 Å². The molecular weight excluding hydrogens is 263 g/mol. The van der Waals surface area contributed by atoms with E-state index in [2.05, 4.69) is 15.9 Å². The first kappa shape index (κ1) is 10.2. The average molecular weight is 270 g/mol. The number of hydrogen-bond acceptors (Lipinski definition) is 1. The smallest absolute Gasteiger partial charge is 0.135 e. The highest BCUT2D eigenvalue weighted by atomic mass is 79.9. The van der Waals surface area contributed by atoms with Crippen LogP contribution in [0.4, 0.5) is 0 Å². The van der Waals surface area contributed by atoms with Crippen molar-refractivity contribution in [2.75, 3.05) is 6.61 Å². The van der Waals surface area contributed by atoms with Crippen molar-refractivity contribution < 1.29 is 4.74 Å². The molecule has 0 heterocycles. The molecule has 1 rings (SSSR count). The molecule has 0 unspecified atom stereocenters. The van der Waals surface area contributed by atoms with Crippen molar-refractivity contribution in [1.29, 1.82) is 0 Å². The van der Waals surface area contributed by atoms with Crippen LogP contribution in [0.5, 0.6) is 5.75 Å². The van der Waals surface area contributed by atoms with E-state index < -0.39 is 0 Å². The number of benzene rings is 1. The second kappa shape index (κ2) is 4.35. The summed E-state index contributed by atoms with van der Waals surface area (Å²) in [7, 11) is 0. The molecule has 0 amide bonds. The first-order valence-electron chi connectivity index (χ1n) is 3.43. The van der Waals surface area contributed by atoms with Crippen molar-refractivity contribution in [3.05, 3.63) is 26.7 Å². The Balaban J connectivity index is 3.08. The molecule has 66 valence electrons. The zero-order valence-corrected chi connectivity index (χ0v) is 9.50. The fourth-order valence-corrected chi connectivity index (χ4v) is 1.66. The normalized spacial score (nSPS) is 10.0. The van der Waals surface area contributed by atoms with Crippen molar-refractivity contribution in [3.8, 4) is 5.75 Å². The molecule has 12 heavy (non-hydrogen) atoms. The van der Waals surface area contributed by atoms with Gasteiger partial charge in [0.1, 0.15) is 5.75 Å². The van der Waals surface area contributed by atoms with E-state index >= 15 is 0 Å². The van der Waals surface area contributed by atoms with Crippen LogP contribution >= 0.6 is 39.1 Å². The number of hydrogen-bond donors (Lipinski definition) is 0. The third-order valence-electron chi connectivity index (χ3n) is 1.30. The van der Waals surface area contributed by atoms with Crippen LogP contribution in [0, 0.1) is 0 Å². The summed E-state index contributed by atoms with van der Waals surface area (Å²) < 4.78 is 5.99. The molecule has 1 aromatic carbocycles. The topological polar surface area (TPSA) is 9.23 Å². The van der Waals surface area contributed by atoms with Crippen LogP contribution in [0.3, 0.4) is 0 Å². The molecule has 0 bridgehead atoms. The van der Waals surface area contributed by atoms with E-state index in [9.17, 15) is 0 Å². The van der Waals surface area contributed by atoms with Crippen LogP contribution in [0.15, 0.2) is 16.6 Å². The number of ether oxygens (including phenoxy) is 1. The Labute approximate surface area is 89.7 Å². The van der Waals surface area contributed by atoms with Gasteiger partial charge in [0, 0.05) is 0 Å². The standard InChI is InChI=1S/C8H7BrCl2O/c1-2-12-6-4-3-5(10)8(11)7(6)9/h3-4H,2H2,1H3. The third kappa shape index (κ3) is 2.06. The summed E-state index contributed by atoms with van der Waals surface area (Å²) in [6.45, 7) is 2.52. The van der Waals surface area contributed by atoms with Gasteiger partial charge in [-0.2, -0.15) is 0 Å². The Bertz CT molecular complexity index is 289. The summed E-state index contributed by atoms with van der Waals surface area (Å²) in [6, 6.07) is 3.49. The van der Waals surface area contributed by atoms with E-state index in [1.54, 1.807) is 12.1 Å². The van der Waals surface area contributed by atoms with Gasteiger partial charge >= 0.3 is 0 Å². The Hall–Kier alpha value is 0.0800. The lowest BCUT2D eigenvalue weighted by Crippen LogP contribution is -1.92. The second-order valence-electron chi connectivity index (χ2n) is 2.11. The molecule has 0 atom stereocenters. The van der Waals surface area contributed by atoms with E-state index in [1.807, 2.05) is 6.92 Å². The van der Waals surface area contributed by atoms with Gasteiger partial charge in [0.25, 0.3) is 0 Å². The predicted molar refractivity (Wildman–Crippen MR) is 55.3 cm³/mol. The molecular formula is C8H7BrCl2O. The van der Waals surface area contributed by atoms with E-state index in [4.69, 9.17) is 27.9 Å². The van der Waals surface area contributed by atoms with Gasteiger partial charge in [0.15, 0.2) is 0 Å². The van der Waals surface area contributed by atoms with E-state index in [1.165, 1.54) is 0 Å². The predicted octanol–water partition coefficient (Wildman–Crippen LogP) is 4.15. The minimum atomic E-state index is 0.489. The van der Waals surface area contributed by atoms with Gasteiger partial charge in [-0.05, 0) is 35.0 Å². The number of rotatable bonds is 2. The zero-order valence-electron chi connectivity index (χ0n) is 6.40. The highest BCUT2D eigenvalue weighted by molar-refractivity contribution is 9.10. The monoisotopic (exact) mass is 268 g/mol. The Morgan fingerprint density at radius 3 is 2.67 bits per heavy atom. The second-order valence-corrected chi connectivity index (χ2v) is 3.68. The van der Waals surface area contributed by atoms with Crippen LogP contribution in [-0.2, 0) is 0 Å². The van der Waals surface area contributed by atoms with E-state index in [0.717, 1.165) is 0 Å². The van der Waals surface area contributed by atoms with Gasteiger partial charge in [-0.15, -0.1) is 0 Å². The van der Waals surface area contributed by atoms with Gasteiger partial charge in [-0.3, -0.25) is 0 Å². The largest absolute Gasteiger partial charge is 0.493 e. The minimum absolute atomic E-state index is 0.489. The summed E-state index contributed by atoms with van der Waals surface area (Å²) in [5.41, 5.74) is 0. The van der Waals surface area contributed by atoms with Crippen molar-refractivity contribution in [1.82, 2.24) is 0 Å². The Morgan fingerprint density at radius 2 is 2.08 bits per heavy atom. The molecule has 0 aliphatic carbocycles. The average Bonchev–Trinajstić information content (AvgIpc) is 2.07. The van der Waals surface area contributed by atoms with Gasteiger partial charge in [-0.1, -0.05) is 23.2 Å². The van der Waals surface area contributed by atoms with Crippen LogP contribution in [-0.4, -0.2) is 6.61 Å². The zero-order chi connectivity index (χ0) is 9.14. The van der Waals surface area contributed by atoms with Gasteiger partial charge in [0.05, 0.1) is 21.1 Å². The molecule has 0 aliphatic heterocycles. The minimum Gasteiger partial charge on any atom is -0.493 e. The van der Waals surface area contributed by atoms with Crippen LogP contribution in [0.25, 0.3) is 0 Å². The summed E-state index contributed by atoms with van der Waals surface area (Å²) >= 11 is 14.9. The molecule has 0 fully saturated rings. The molecule has 4 heteroatoms. The third-order valence-corrected chi connectivity index (χ3v) is 3.12. The maximum Gasteiger partial charge on any atom is 0.135 e. The summed E-state index contributed by atoms with van der Waals surface area (Å²) in [5, 5.41) is 1.01. The summed E-state index contributed by atoms with van der Waals surface area (Å²) in [5.74, 6) is 0.715. The highest BCUT2D eigenvalue weighted by Gasteiger charge is 2.07. The molecule has 1 nitrogen and oxygen atoms in total. The molecule has 0 N–H and O–H groups in total. The van der Waals surface area contributed by atoms with Crippen molar-refractivity contribution >= 4 is 39.1 Å². The maximum absolute atomic E-state index is 5.86. The quantitative estimate of drug-likeness (QED) is 0.733. The molecule has 0 aliphatic rings. The SMILES string of the molecule is CCOc1ccc(Cl)c(Cl)c1Br. The first-order chi connectivity index (χ1) is 5.66. The van der Waals surface area contributed by atoms with Crippen molar-refractivity contribution in [3.63, 3.8) is 0 Å². The van der Waals surface area contributed by atoms with Crippen LogP contribution < -0.4 is 4.74 Å². The fraction of sp³-hybridized carbons (Fsp3) is 0.250. The maximum atomic E-state index is 5.86. The van der Waals surface area contributed by atoms with Crippen LogP contribution in [0.2, 0.25) is 10.0 Å². The van der Waals surface area contributed by atoms with Crippen molar-refractivity contribution in [2.24, 2.45) is 0 Å². The lowest BCUT2D eigenvalue weighted by Gasteiger charge is -2.07. The first-order valence-corrected chi connectivity index (χ1v) is 4.98. The van der Waals surface area contributed by atoms with Gasteiger partial charge < -0.3 is 4.74 Å². The van der Waals surface area contributed by atoms with Crippen molar-refractivity contribution in [2.45, 2.75) is 6.92 Å². The fourth-order valence-electron chi connectivity index (χ4n) is 0.775. The molecule has 0 spiro atoms. The summed E-state index contributed by atoms with van der Waals surface area (Å²) in [4.78, 5) is 0. The Kier molecular flexibility index (Phi) is 3.69. The molecule has 0 saturated heterocycles. The molecule has 0 aromatic heterocycles. The van der Waals surface area contributed by atoms with Gasteiger partial charge in [0.2, 0.25) is 0 Å². The van der Waals surface area contributed by atoms with E-state index in [0.29, 0.717) is 26.9 Å². The summed E-state index contributed by atoms with van der Waals surface area (Å²) in [6.07, 6.45) is 0. The Morgan fingerprint density at radius 1 is 1.42 bits per heavy atom. The lowest BCUT2D eigenvalue weighted by atomic mass is 10.3. The molecule has 0 saturated carbocycles. The highest BCUT2D eigenvalue weighted by Crippen LogP contribution is 2.37. The van der Waals surface area contributed by atoms with Crippen LogP contribution in [0.1, 0.15) is 6.92 Å². The van der Waals surface area contributed by atoms with E-state index in [-0.39, 0.29) is 0 Å². The molecule has 0 radical (unpaired) electrons.